The molecule has 0 saturated carbocycles. The number of hydrogen-bond acceptors (Lipinski definition) is 5. The molecule has 0 aliphatic rings. The third kappa shape index (κ3) is 5.36. The van der Waals surface area contributed by atoms with Crippen molar-refractivity contribution in [3.63, 3.8) is 0 Å². The van der Waals surface area contributed by atoms with Crippen LogP contribution >= 0.6 is 11.6 Å². The first-order valence-corrected chi connectivity index (χ1v) is 7.43. The van der Waals surface area contributed by atoms with Crippen molar-refractivity contribution in [2.24, 2.45) is 0 Å². The molecular weight excluding hydrogens is 290 g/mol. The molecule has 2 rings (SSSR count). The molecule has 1 aromatic carbocycles. The Bertz CT molecular complexity index is 559. The topological polar surface area (TPSA) is 51.4 Å². The Morgan fingerprint density at radius 1 is 1.38 bits per heavy atom. The zero-order chi connectivity index (χ0) is 15.1. The Morgan fingerprint density at radius 3 is 2.95 bits per heavy atom. The summed E-state index contributed by atoms with van der Waals surface area (Å²) >= 11 is 5.90. The maximum Gasteiger partial charge on any atom is 0.240 e. The van der Waals surface area contributed by atoms with E-state index in [0.29, 0.717) is 24.1 Å². The van der Waals surface area contributed by atoms with Crippen LogP contribution < -0.4 is 4.74 Å². The van der Waals surface area contributed by atoms with E-state index in [1.54, 1.807) is 0 Å². The minimum Gasteiger partial charge on any atom is -0.493 e. The number of benzene rings is 1. The molecule has 1 heterocycles. The lowest BCUT2D eigenvalue weighted by molar-refractivity contribution is 0.235. The molecule has 114 valence electrons. The second-order valence-corrected chi connectivity index (χ2v) is 5.29. The van der Waals surface area contributed by atoms with Gasteiger partial charge in [-0.3, -0.25) is 4.90 Å². The van der Waals surface area contributed by atoms with Gasteiger partial charge in [-0.2, -0.15) is 4.98 Å². The molecule has 0 bridgehead atoms. The summed E-state index contributed by atoms with van der Waals surface area (Å²) in [6.07, 6.45) is 1.71. The fraction of sp³-hybridized carbons (Fsp3) is 0.467. The number of hydrogen-bond donors (Lipinski definition) is 0. The third-order valence-electron chi connectivity index (χ3n) is 2.98. The van der Waals surface area contributed by atoms with Crippen molar-refractivity contribution in [2.45, 2.75) is 26.3 Å². The molecule has 21 heavy (non-hydrogen) atoms. The van der Waals surface area contributed by atoms with Crippen LogP contribution in [0, 0.1) is 0 Å². The van der Waals surface area contributed by atoms with Gasteiger partial charge in [0.15, 0.2) is 5.82 Å². The lowest BCUT2D eigenvalue weighted by atomic mass is 10.3. The monoisotopic (exact) mass is 309 g/mol. The van der Waals surface area contributed by atoms with Gasteiger partial charge in [0.25, 0.3) is 0 Å². The molecule has 0 spiro atoms. The smallest absolute Gasteiger partial charge is 0.240 e. The van der Waals surface area contributed by atoms with Gasteiger partial charge in [-0.05, 0) is 31.7 Å². The van der Waals surface area contributed by atoms with Gasteiger partial charge in [-0.1, -0.05) is 29.7 Å². The number of ether oxygens (including phenoxy) is 1. The molecule has 5 nitrogen and oxygen atoms in total. The summed E-state index contributed by atoms with van der Waals surface area (Å²) in [5.41, 5.74) is 0. The second kappa shape index (κ2) is 8.00. The highest BCUT2D eigenvalue weighted by atomic mass is 35.5. The van der Waals surface area contributed by atoms with Crippen LogP contribution in [0.25, 0.3) is 0 Å². The molecule has 0 aliphatic carbocycles. The predicted octanol–water partition coefficient (Wildman–Crippen LogP) is 3.19. The summed E-state index contributed by atoms with van der Waals surface area (Å²) in [7, 11) is 2.02. The zero-order valence-corrected chi connectivity index (χ0v) is 13.1. The number of aromatic nitrogens is 2. The van der Waals surface area contributed by atoms with Crippen LogP contribution in [-0.2, 0) is 13.0 Å². The first-order valence-electron chi connectivity index (χ1n) is 7.05. The highest BCUT2D eigenvalue weighted by molar-refractivity contribution is 6.30. The number of rotatable bonds is 8. The van der Waals surface area contributed by atoms with E-state index in [1.165, 1.54) is 0 Å². The SMILES string of the molecule is CCc1noc(CN(C)CCCOc2cccc(Cl)c2)n1. The van der Waals surface area contributed by atoms with Crippen LogP contribution in [0.3, 0.4) is 0 Å². The summed E-state index contributed by atoms with van der Waals surface area (Å²) < 4.78 is 10.8. The van der Waals surface area contributed by atoms with Crippen molar-refractivity contribution in [1.82, 2.24) is 15.0 Å². The van der Waals surface area contributed by atoms with Gasteiger partial charge in [-0.25, -0.2) is 0 Å². The molecule has 0 fully saturated rings. The van der Waals surface area contributed by atoms with Crippen LogP contribution in [0.15, 0.2) is 28.8 Å². The number of aryl methyl sites for hydroxylation is 1. The summed E-state index contributed by atoms with van der Waals surface area (Å²) in [5, 5.41) is 4.57. The lowest BCUT2D eigenvalue weighted by Crippen LogP contribution is -2.21. The molecule has 0 radical (unpaired) electrons. The Labute approximate surface area is 129 Å². The minimum atomic E-state index is 0.648. The van der Waals surface area contributed by atoms with Gasteiger partial charge < -0.3 is 9.26 Å². The van der Waals surface area contributed by atoms with Crippen LogP contribution in [0.5, 0.6) is 5.75 Å². The van der Waals surface area contributed by atoms with E-state index < -0.39 is 0 Å². The van der Waals surface area contributed by atoms with Crippen LogP contribution in [-0.4, -0.2) is 35.2 Å². The van der Waals surface area contributed by atoms with Crippen LogP contribution in [0.1, 0.15) is 25.1 Å². The van der Waals surface area contributed by atoms with Crippen LogP contribution in [0.4, 0.5) is 0 Å². The third-order valence-corrected chi connectivity index (χ3v) is 3.22. The van der Waals surface area contributed by atoms with Crippen molar-refractivity contribution in [2.75, 3.05) is 20.2 Å². The zero-order valence-electron chi connectivity index (χ0n) is 12.4. The summed E-state index contributed by atoms with van der Waals surface area (Å²) in [5.74, 6) is 2.21. The van der Waals surface area contributed by atoms with Crippen molar-refractivity contribution in [3.8, 4) is 5.75 Å². The van der Waals surface area contributed by atoms with Crippen molar-refractivity contribution in [1.29, 1.82) is 0 Å². The molecule has 0 aliphatic heterocycles. The minimum absolute atomic E-state index is 0.648. The molecule has 0 N–H and O–H groups in total. The van der Waals surface area contributed by atoms with Gasteiger partial charge in [0.2, 0.25) is 5.89 Å². The van der Waals surface area contributed by atoms with E-state index in [2.05, 4.69) is 15.0 Å². The number of nitrogens with zero attached hydrogens (tertiary/aromatic N) is 3. The Hall–Kier alpha value is -1.59. The molecular formula is C15H20ClN3O2. The van der Waals surface area contributed by atoms with E-state index in [0.717, 1.165) is 31.0 Å². The normalized spacial score (nSPS) is 11.0. The van der Waals surface area contributed by atoms with Crippen molar-refractivity contribution >= 4 is 11.6 Å². The van der Waals surface area contributed by atoms with E-state index >= 15 is 0 Å². The maximum absolute atomic E-state index is 5.90. The molecule has 6 heteroatoms. The summed E-state index contributed by atoms with van der Waals surface area (Å²) in [4.78, 5) is 6.42. The fourth-order valence-electron chi connectivity index (χ4n) is 1.89. The van der Waals surface area contributed by atoms with Gasteiger partial charge in [-0.15, -0.1) is 0 Å². The average molecular weight is 310 g/mol. The molecule has 0 unspecified atom stereocenters. The largest absolute Gasteiger partial charge is 0.493 e. The highest BCUT2D eigenvalue weighted by Gasteiger charge is 2.07. The highest BCUT2D eigenvalue weighted by Crippen LogP contribution is 2.17. The lowest BCUT2D eigenvalue weighted by Gasteiger charge is -2.14. The Morgan fingerprint density at radius 2 is 2.24 bits per heavy atom. The van der Waals surface area contributed by atoms with Gasteiger partial charge in [0, 0.05) is 18.0 Å². The standard InChI is InChI=1S/C15H20ClN3O2/c1-3-14-17-15(21-18-14)11-19(2)8-5-9-20-13-7-4-6-12(16)10-13/h4,6-7,10H,3,5,8-9,11H2,1-2H3. The fourth-order valence-corrected chi connectivity index (χ4v) is 2.07. The predicted molar refractivity (Wildman–Crippen MR) is 81.6 cm³/mol. The van der Waals surface area contributed by atoms with Gasteiger partial charge in [0.1, 0.15) is 5.75 Å². The number of halogens is 1. The summed E-state index contributed by atoms with van der Waals surface area (Å²) in [6.45, 7) is 4.20. The first-order chi connectivity index (χ1) is 10.2. The van der Waals surface area contributed by atoms with E-state index in [1.807, 2.05) is 38.2 Å². The molecule has 2 aromatic rings. The van der Waals surface area contributed by atoms with Crippen LogP contribution in [0.2, 0.25) is 5.02 Å². The Balaban J connectivity index is 1.66. The van der Waals surface area contributed by atoms with E-state index in [-0.39, 0.29) is 0 Å². The molecule has 1 aromatic heterocycles. The molecule has 0 saturated heterocycles. The quantitative estimate of drug-likeness (QED) is 0.701. The average Bonchev–Trinajstić information content (AvgIpc) is 2.91. The van der Waals surface area contributed by atoms with Gasteiger partial charge in [0.05, 0.1) is 13.2 Å². The molecule has 0 amide bonds. The van der Waals surface area contributed by atoms with Crippen molar-refractivity contribution in [3.05, 3.63) is 41.0 Å². The second-order valence-electron chi connectivity index (χ2n) is 4.86. The summed E-state index contributed by atoms with van der Waals surface area (Å²) in [6, 6.07) is 7.43. The maximum atomic E-state index is 5.90. The molecule has 0 atom stereocenters. The van der Waals surface area contributed by atoms with Crippen molar-refractivity contribution < 1.29 is 9.26 Å². The van der Waals surface area contributed by atoms with E-state index in [4.69, 9.17) is 20.9 Å². The first kappa shape index (κ1) is 15.8. The van der Waals surface area contributed by atoms with Gasteiger partial charge >= 0.3 is 0 Å². The Kier molecular flexibility index (Phi) is 6.02. The van der Waals surface area contributed by atoms with E-state index in [9.17, 15) is 0 Å².